The zero-order chi connectivity index (χ0) is 19.4. The van der Waals surface area contributed by atoms with E-state index in [2.05, 4.69) is 15.8 Å². The maximum atomic E-state index is 12.2. The molecule has 2 amide bonds. The van der Waals surface area contributed by atoms with Crippen LogP contribution in [0.25, 0.3) is 11.3 Å². The molecule has 3 N–H and O–H groups in total. The minimum atomic E-state index is -1.17. The first kappa shape index (κ1) is 19.2. The smallest absolute Gasteiger partial charge is 0.341 e. The van der Waals surface area contributed by atoms with Gasteiger partial charge in [0.2, 0.25) is 0 Å². The topological polar surface area (TPSA) is 104 Å². The molecule has 1 aliphatic rings. The first-order chi connectivity index (χ1) is 13.0. The van der Waals surface area contributed by atoms with Crippen LogP contribution in [0, 0.1) is 0 Å². The van der Waals surface area contributed by atoms with Crippen LogP contribution in [0.1, 0.15) is 61.2 Å². The number of nitrogens with one attached hydrogen (secondary N) is 2. The number of nitrogens with zero attached hydrogens (tertiary/aromatic N) is 1. The van der Waals surface area contributed by atoms with Gasteiger partial charge in [-0.25, -0.2) is 9.59 Å². The van der Waals surface area contributed by atoms with Gasteiger partial charge < -0.3 is 20.3 Å². The zero-order valence-corrected chi connectivity index (χ0v) is 15.8. The van der Waals surface area contributed by atoms with Gasteiger partial charge in [0.05, 0.1) is 6.04 Å². The van der Waals surface area contributed by atoms with E-state index >= 15 is 0 Å². The number of amides is 2. The lowest BCUT2D eigenvalue weighted by molar-refractivity contribution is 0.0693. The predicted molar refractivity (Wildman–Crippen MR) is 101 cm³/mol. The summed E-state index contributed by atoms with van der Waals surface area (Å²) in [7, 11) is 0. The lowest BCUT2D eigenvalue weighted by Gasteiger charge is -2.23. The number of urea groups is 1. The van der Waals surface area contributed by atoms with Gasteiger partial charge in [-0.1, -0.05) is 48.2 Å². The Kier molecular flexibility index (Phi) is 6.01. The highest BCUT2D eigenvalue weighted by Gasteiger charge is 2.28. The van der Waals surface area contributed by atoms with E-state index < -0.39 is 12.0 Å². The summed E-state index contributed by atoms with van der Waals surface area (Å²) in [6, 6.07) is 5.81. The summed E-state index contributed by atoms with van der Waals surface area (Å²) in [5, 5.41) is 19.8. The predicted octanol–water partition coefficient (Wildman–Crippen LogP) is 4.39. The molecule has 0 saturated heterocycles. The number of carboxylic acid groups (broad SMARTS) is 1. The van der Waals surface area contributed by atoms with E-state index in [1.54, 1.807) is 31.2 Å². The maximum absolute atomic E-state index is 12.2. The quantitative estimate of drug-likeness (QED) is 0.701. The molecule has 0 spiro atoms. The third-order valence-corrected chi connectivity index (χ3v) is 4.98. The average molecular weight is 392 g/mol. The van der Waals surface area contributed by atoms with Gasteiger partial charge in [0.25, 0.3) is 0 Å². The van der Waals surface area contributed by atoms with Gasteiger partial charge in [0.15, 0.2) is 5.76 Å². The Bertz CT molecular complexity index is 813. The minimum absolute atomic E-state index is 0.0669. The van der Waals surface area contributed by atoms with Crippen LogP contribution in [-0.2, 0) is 0 Å². The first-order valence-corrected chi connectivity index (χ1v) is 9.39. The van der Waals surface area contributed by atoms with Crippen molar-refractivity contribution in [3.05, 3.63) is 40.6 Å². The Morgan fingerprint density at radius 1 is 1.22 bits per heavy atom. The summed E-state index contributed by atoms with van der Waals surface area (Å²) in [6.07, 6.45) is 5.34. The van der Waals surface area contributed by atoms with Crippen LogP contribution in [0.2, 0.25) is 5.02 Å². The molecule has 1 heterocycles. The third-order valence-electron chi connectivity index (χ3n) is 4.73. The minimum Gasteiger partial charge on any atom is -0.477 e. The Hall–Kier alpha value is -2.54. The van der Waals surface area contributed by atoms with Crippen LogP contribution in [0.15, 0.2) is 28.8 Å². The van der Waals surface area contributed by atoms with Crippen molar-refractivity contribution in [3.63, 3.8) is 0 Å². The lowest BCUT2D eigenvalue weighted by atomic mass is 9.96. The molecule has 1 aliphatic carbocycles. The number of benzene rings is 1. The number of carboxylic acids is 1. The molecule has 1 fully saturated rings. The second kappa shape index (κ2) is 8.43. The summed E-state index contributed by atoms with van der Waals surface area (Å²) in [5.41, 5.74) is 0.712. The summed E-state index contributed by atoms with van der Waals surface area (Å²) < 4.78 is 5.29. The number of carbonyl (C=O) groups is 2. The fourth-order valence-electron chi connectivity index (χ4n) is 3.35. The molecule has 1 aromatic carbocycles. The zero-order valence-electron chi connectivity index (χ0n) is 15.0. The normalized spacial score (nSPS) is 15.9. The molecule has 0 aliphatic heterocycles. The van der Waals surface area contributed by atoms with Crippen molar-refractivity contribution in [2.75, 3.05) is 0 Å². The molecule has 3 rings (SSSR count). The molecule has 27 heavy (non-hydrogen) atoms. The van der Waals surface area contributed by atoms with Gasteiger partial charge in [-0.05, 0) is 31.9 Å². The second-order valence-electron chi connectivity index (χ2n) is 6.76. The SMILES string of the molecule is C[C@@H](NC(=O)NC1CCCCC1)c1onc(-c2ccc(Cl)cc2)c1C(=O)O. The van der Waals surface area contributed by atoms with E-state index in [1.165, 1.54) is 6.42 Å². The standard InChI is InChI=1S/C19H22ClN3O4/c1-11(21-19(26)22-14-5-3-2-4-6-14)17-15(18(24)25)16(23-27-17)12-7-9-13(20)10-8-12/h7-11,14H,2-6H2,1H3,(H,24,25)(H2,21,22,26)/t11-/m1/s1. The monoisotopic (exact) mass is 391 g/mol. The molecule has 0 bridgehead atoms. The maximum Gasteiger partial charge on any atom is 0.341 e. The first-order valence-electron chi connectivity index (χ1n) is 9.01. The van der Waals surface area contributed by atoms with Gasteiger partial charge in [0, 0.05) is 16.6 Å². The van der Waals surface area contributed by atoms with E-state index in [-0.39, 0.29) is 29.1 Å². The molecule has 0 unspecified atom stereocenters. The molecule has 1 atom stereocenters. The highest BCUT2D eigenvalue weighted by molar-refractivity contribution is 6.30. The van der Waals surface area contributed by atoms with E-state index in [1.807, 2.05) is 0 Å². The van der Waals surface area contributed by atoms with Gasteiger partial charge in [-0.2, -0.15) is 0 Å². The van der Waals surface area contributed by atoms with Crippen molar-refractivity contribution in [2.24, 2.45) is 0 Å². The Balaban J connectivity index is 1.76. The molecular formula is C19H22ClN3O4. The molecule has 144 valence electrons. The number of carbonyl (C=O) groups excluding carboxylic acids is 1. The number of rotatable bonds is 5. The van der Waals surface area contributed by atoms with Crippen LogP contribution in [0.3, 0.4) is 0 Å². The Morgan fingerprint density at radius 3 is 2.52 bits per heavy atom. The second-order valence-corrected chi connectivity index (χ2v) is 7.19. The summed E-state index contributed by atoms with van der Waals surface area (Å²) in [5.74, 6) is -1.07. The molecule has 0 radical (unpaired) electrons. The van der Waals surface area contributed by atoms with Crippen molar-refractivity contribution in [2.45, 2.75) is 51.1 Å². The lowest BCUT2D eigenvalue weighted by Crippen LogP contribution is -2.43. The van der Waals surface area contributed by atoms with Gasteiger partial charge in [-0.15, -0.1) is 0 Å². The van der Waals surface area contributed by atoms with Crippen molar-refractivity contribution >= 4 is 23.6 Å². The Morgan fingerprint density at radius 2 is 1.89 bits per heavy atom. The summed E-state index contributed by atoms with van der Waals surface area (Å²) >= 11 is 5.88. The number of halogens is 1. The van der Waals surface area contributed by atoms with E-state index in [4.69, 9.17) is 16.1 Å². The molecule has 2 aromatic rings. The van der Waals surface area contributed by atoms with Crippen molar-refractivity contribution < 1.29 is 19.2 Å². The molecule has 7 nitrogen and oxygen atoms in total. The molecule has 1 aromatic heterocycles. The van der Waals surface area contributed by atoms with Crippen LogP contribution in [0.5, 0.6) is 0 Å². The number of hydrogen-bond donors (Lipinski definition) is 3. The van der Waals surface area contributed by atoms with Crippen LogP contribution >= 0.6 is 11.6 Å². The van der Waals surface area contributed by atoms with Crippen molar-refractivity contribution in [1.29, 1.82) is 0 Å². The van der Waals surface area contributed by atoms with Gasteiger partial charge in [0.1, 0.15) is 11.3 Å². The average Bonchev–Trinajstić information content (AvgIpc) is 3.08. The highest BCUT2D eigenvalue weighted by Crippen LogP contribution is 2.30. The summed E-state index contributed by atoms with van der Waals surface area (Å²) in [4.78, 5) is 24.0. The highest BCUT2D eigenvalue weighted by atomic mass is 35.5. The molecular weight excluding hydrogens is 370 g/mol. The number of aromatic nitrogens is 1. The van der Waals surface area contributed by atoms with Crippen LogP contribution in [0.4, 0.5) is 4.79 Å². The molecule has 1 saturated carbocycles. The molecule has 8 heteroatoms. The number of hydrogen-bond acceptors (Lipinski definition) is 4. The van der Waals surface area contributed by atoms with Crippen LogP contribution < -0.4 is 10.6 Å². The van der Waals surface area contributed by atoms with Gasteiger partial charge in [-0.3, -0.25) is 0 Å². The van der Waals surface area contributed by atoms with Crippen molar-refractivity contribution in [3.8, 4) is 11.3 Å². The van der Waals surface area contributed by atoms with Crippen molar-refractivity contribution in [1.82, 2.24) is 15.8 Å². The van der Waals surface area contributed by atoms with Gasteiger partial charge >= 0.3 is 12.0 Å². The fourth-order valence-corrected chi connectivity index (χ4v) is 3.47. The largest absolute Gasteiger partial charge is 0.477 e. The summed E-state index contributed by atoms with van der Waals surface area (Å²) in [6.45, 7) is 1.67. The third kappa shape index (κ3) is 4.60. The van der Waals surface area contributed by atoms with E-state index in [9.17, 15) is 14.7 Å². The fraction of sp³-hybridized carbons (Fsp3) is 0.421. The Labute approximate surface area is 162 Å². The number of aromatic carboxylic acids is 1. The van der Waals surface area contributed by atoms with Crippen LogP contribution in [-0.4, -0.2) is 28.3 Å². The van der Waals surface area contributed by atoms with E-state index in [0.29, 0.717) is 10.6 Å². The van der Waals surface area contributed by atoms with E-state index in [0.717, 1.165) is 25.7 Å².